The smallest absolute Gasteiger partial charge is 0.337 e. The van der Waals surface area contributed by atoms with Gasteiger partial charge in [0.1, 0.15) is 12.6 Å². The standard InChI is InChI=1S/C16H23N5O5/c1-5-8-19-14(24)20(9-6-2)16(26)21(15(19)25)10-12(22)18-11(4)13(23)17-7-3/h5-6,11H,1-2,7-10H2,3-4H3,(H,17,23)(H,18,22)/t11-/m1/s1. The minimum atomic E-state index is -0.930. The van der Waals surface area contributed by atoms with Crippen LogP contribution in [0.4, 0.5) is 0 Å². The number of allylic oxidation sites excluding steroid dienone is 2. The molecule has 2 amide bonds. The Morgan fingerprint density at radius 2 is 1.46 bits per heavy atom. The summed E-state index contributed by atoms with van der Waals surface area (Å²) in [6.45, 7) is 9.67. The molecule has 0 aliphatic heterocycles. The van der Waals surface area contributed by atoms with Gasteiger partial charge in [0.2, 0.25) is 11.8 Å². The van der Waals surface area contributed by atoms with Crippen LogP contribution in [0.5, 0.6) is 0 Å². The first-order valence-corrected chi connectivity index (χ1v) is 8.01. The highest BCUT2D eigenvalue weighted by molar-refractivity contribution is 5.87. The second-order valence-electron chi connectivity index (χ2n) is 5.42. The van der Waals surface area contributed by atoms with Crippen molar-refractivity contribution in [1.82, 2.24) is 24.3 Å². The minimum absolute atomic E-state index is 0.119. The molecular weight excluding hydrogens is 342 g/mol. The predicted octanol–water partition coefficient (Wildman–Crippen LogP) is -1.82. The molecule has 10 nitrogen and oxygen atoms in total. The van der Waals surface area contributed by atoms with Crippen LogP contribution in [-0.2, 0) is 29.2 Å². The van der Waals surface area contributed by atoms with E-state index >= 15 is 0 Å². The largest absolute Gasteiger partial charge is 0.355 e. The van der Waals surface area contributed by atoms with E-state index in [2.05, 4.69) is 23.8 Å². The maximum Gasteiger partial charge on any atom is 0.337 e. The zero-order chi connectivity index (χ0) is 19.9. The van der Waals surface area contributed by atoms with Crippen molar-refractivity contribution in [1.29, 1.82) is 0 Å². The van der Waals surface area contributed by atoms with Gasteiger partial charge in [-0.05, 0) is 13.8 Å². The van der Waals surface area contributed by atoms with E-state index in [-0.39, 0.29) is 13.1 Å². The molecule has 10 heteroatoms. The SMILES string of the molecule is C=CCn1c(=O)n(CC=C)c(=O)n(CC(=O)N[C@H](C)C(=O)NCC)c1=O. The summed E-state index contributed by atoms with van der Waals surface area (Å²) in [7, 11) is 0. The van der Waals surface area contributed by atoms with Gasteiger partial charge in [-0.1, -0.05) is 12.2 Å². The van der Waals surface area contributed by atoms with Gasteiger partial charge in [0, 0.05) is 6.54 Å². The molecule has 1 rings (SSSR count). The van der Waals surface area contributed by atoms with Crippen molar-refractivity contribution in [3.05, 3.63) is 56.8 Å². The van der Waals surface area contributed by atoms with Gasteiger partial charge in [-0.25, -0.2) is 28.1 Å². The Labute approximate surface area is 149 Å². The number of nitrogens with one attached hydrogen (secondary N) is 2. The quantitative estimate of drug-likeness (QED) is 0.499. The van der Waals surface area contributed by atoms with Gasteiger partial charge in [-0.3, -0.25) is 9.59 Å². The zero-order valence-corrected chi connectivity index (χ0v) is 14.9. The van der Waals surface area contributed by atoms with Crippen molar-refractivity contribution in [2.75, 3.05) is 6.54 Å². The first kappa shape index (κ1) is 20.9. The number of nitrogens with zero attached hydrogens (tertiary/aromatic N) is 3. The summed E-state index contributed by atoms with van der Waals surface area (Å²) in [5.41, 5.74) is -2.67. The number of amides is 2. The molecular formula is C16H23N5O5. The van der Waals surface area contributed by atoms with Crippen LogP contribution in [0.25, 0.3) is 0 Å². The summed E-state index contributed by atoms with van der Waals surface area (Å²) >= 11 is 0. The third kappa shape index (κ3) is 4.68. The lowest BCUT2D eigenvalue weighted by Crippen LogP contribution is -2.56. The van der Waals surface area contributed by atoms with Gasteiger partial charge < -0.3 is 10.6 Å². The normalized spacial score (nSPS) is 11.5. The van der Waals surface area contributed by atoms with Crippen LogP contribution in [-0.4, -0.2) is 38.1 Å². The van der Waals surface area contributed by atoms with Gasteiger partial charge >= 0.3 is 17.1 Å². The molecule has 0 bridgehead atoms. The maximum atomic E-state index is 12.4. The summed E-state index contributed by atoms with van der Waals surface area (Å²) in [4.78, 5) is 60.8. The van der Waals surface area contributed by atoms with E-state index in [1.807, 2.05) is 0 Å². The van der Waals surface area contributed by atoms with Crippen LogP contribution < -0.4 is 27.7 Å². The second kappa shape index (κ2) is 9.35. The fourth-order valence-corrected chi connectivity index (χ4v) is 2.21. The molecule has 142 valence electrons. The second-order valence-corrected chi connectivity index (χ2v) is 5.42. The van der Waals surface area contributed by atoms with Crippen molar-refractivity contribution in [2.24, 2.45) is 0 Å². The van der Waals surface area contributed by atoms with E-state index in [0.717, 1.165) is 9.13 Å². The molecule has 0 aromatic carbocycles. The monoisotopic (exact) mass is 365 g/mol. The summed E-state index contributed by atoms with van der Waals surface area (Å²) in [6.07, 6.45) is 2.65. The molecule has 1 aromatic heterocycles. The Balaban J connectivity index is 3.25. The summed E-state index contributed by atoms with van der Waals surface area (Å²) < 4.78 is 2.21. The summed E-state index contributed by atoms with van der Waals surface area (Å²) in [5.74, 6) is -1.11. The third-order valence-corrected chi connectivity index (χ3v) is 3.43. The lowest BCUT2D eigenvalue weighted by molar-refractivity contribution is -0.128. The first-order chi connectivity index (χ1) is 12.3. The number of carbonyl (C=O) groups excluding carboxylic acids is 2. The van der Waals surface area contributed by atoms with Crippen molar-refractivity contribution in [3.8, 4) is 0 Å². The zero-order valence-electron chi connectivity index (χ0n) is 14.9. The summed E-state index contributed by atoms with van der Waals surface area (Å²) in [5, 5.41) is 4.94. The molecule has 0 unspecified atom stereocenters. The van der Waals surface area contributed by atoms with E-state index in [1.165, 1.54) is 19.1 Å². The van der Waals surface area contributed by atoms with E-state index in [9.17, 15) is 24.0 Å². The topological polar surface area (TPSA) is 124 Å². The van der Waals surface area contributed by atoms with Crippen LogP contribution in [0.1, 0.15) is 13.8 Å². The van der Waals surface area contributed by atoms with Crippen LogP contribution >= 0.6 is 0 Å². The maximum absolute atomic E-state index is 12.4. The average molecular weight is 365 g/mol. The molecule has 2 N–H and O–H groups in total. The molecule has 0 saturated carbocycles. The van der Waals surface area contributed by atoms with E-state index in [0.29, 0.717) is 11.1 Å². The lowest BCUT2D eigenvalue weighted by atomic mass is 10.3. The molecule has 0 radical (unpaired) electrons. The Morgan fingerprint density at radius 1 is 1.00 bits per heavy atom. The number of aromatic nitrogens is 3. The molecule has 1 heterocycles. The Kier molecular flexibility index (Phi) is 7.51. The number of hydrogen-bond acceptors (Lipinski definition) is 5. The van der Waals surface area contributed by atoms with Gasteiger partial charge in [-0.15, -0.1) is 13.2 Å². The van der Waals surface area contributed by atoms with E-state index < -0.39 is 41.5 Å². The number of rotatable bonds is 9. The van der Waals surface area contributed by atoms with E-state index in [1.54, 1.807) is 6.92 Å². The first-order valence-electron chi connectivity index (χ1n) is 8.01. The Hall–Kier alpha value is -3.17. The highest BCUT2D eigenvalue weighted by atomic mass is 16.2. The molecule has 0 spiro atoms. The molecule has 26 heavy (non-hydrogen) atoms. The molecule has 1 atom stereocenters. The molecule has 0 fully saturated rings. The highest BCUT2D eigenvalue weighted by Gasteiger charge is 2.19. The van der Waals surface area contributed by atoms with Crippen molar-refractivity contribution >= 4 is 11.8 Å². The Bertz CT molecular complexity index is 828. The number of carbonyl (C=O) groups is 2. The lowest BCUT2D eigenvalue weighted by Gasteiger charge is -2.15. The fourth-order valence-electron chi connectivity index (χ4n) is 2.21. The molecule has 0 aliphatic rings. The predicted molar refractivity (Wildman–Crippen MR) is 95.9 cm³/mol. The average Bonchev–Trinajstić information content (AvgIpc) is 2.59. The van der Waals surface area contributed by atoms with Gasteiger partial charge in [0.15, 0.2) is 0 Å². The molecule has 1 aromatic rings. The van der Waals surface area contributed by atoms with Gasteiger partial charge in [-0.2, -0.15) is 0 Å². The highest BCUT2D eigenvalue weighted by Crippen LogP contribution is 1.85. The van der Waals surface area contributed by atoms with Gasteiger partial charge in [0.25, 0.3) is 0 Å². The van der Waals surface area contributed by atoms with Crippen LogP contribution in [0, 0.1) is 0 Å². The molecule has 0 aliphatic carbocycles. The van der Waals surface area contributed by atoms with Crippen molar-refractivity contribution in [3.63, 3.8) is 0 Å². The van der Waals surface area contributed by atoms with Crippen LogP contribution in [0.15, 0.2) is 39.7 Å². The van der Waals surface area contributed by atoms with E-state index in [4.69, 9.17) is 0 Å². The third-order valence-electron chi connectivity index (χ3n) is 3.43. The fraction of sp³-hybridized carbons (Fsp3) is 0.438. The summed E-state index contributed by atoms with van der Waals surface area (Å²) in [6, 6.07) is -0.840. The Morgan fingerprint density at radius 3 is 1.88 bits per heavy atom. The number of hydrogen-bond donors (Lipinski definition) is 2. The number of likely N-dealkylation sites (N-methyl/N-ethyl adjacent to an activating group) is 1. The van der Waals surface area contributed by atoms with Crippen molar-refractivity contribution in [2.45, 2.75) is 39.5 Å². The van der Waals surface area contributed by atoms with Gasteiger partial charge in [0.05, 0.1) is 13.1 Å². The van der Waals surface area contributed by atoms with Crippen molar-refractivity contribution < 1.29 is 9.59 Å². The minimum Gasteiger partial charge on any atom is -0.355 e. The van der Waals surface area contributed by atoms with Crippen LogP contribution in [0.3, 0.4) is 0 Å². The van der Waals surface area contributed by atoms with Crippen LogP contribution in [0.2, 0.25) is 0 Å². The molecule has 0 saturated heterocycles.